The van der Waals surface area contributed by atoms with Crippen LogP contribution >= 0.6 is 11.6 Å². The zero-order valence-corrected chi connectivity index (χ0v) is 11.3. The minimum absolute atomic E-state index is 0.0598. The molecular weight excluding hydrogens is 282 g/mol. The molecule has 0 saturated carbocycles. The van der Waals surface area contributed by atoms with Gasteiger partial charge in [0.05, 0.1) is 11.5 Å². The minimum atomic E-state index is -0.410. The van der Waals surface area contributed by atoms with Crippen molar-refractivity contribution in [1.29, 1.82) is 0 Å². The van der Waals surface area contributed by atoms with Crippen molar-refractivity contribution in [3.8, 4) is 0 Å². The maximum absolute atomic E-state index is 10.8. The number of halogens is 1. The Kier molecular flexibility index (Phi) is 3.27. The first kappa shape index (κ1) is 12.9. The summed E-state index contributed by atoms with van der Waals surface area (Å²) in [6.07, 6.45) is 1.71. The molecule has 0 radical (unpaired) electrons. The lowest BCUT2D eigenvalue weighted by Gasteiger charge is -2.30. The highest BCUT2D eigenvalue weighted by Crippen LogP contribution is 2.29. The number of anilines is 1. The Morgan fingerprint density at radius 3 is 3.00 bits per heavy atom. The average molecular weight is 294 g/mol. The van der Waals surface area contributed by atoms with Crippen molar-refractivity contribution in [2.24, 2.45) is 0 Å². The summed E-state index contributed by atoms with van der Waals surface area (Å²) in [5.74, 6) is 1.12. The Morgan fingerprint density at radius 2 is 2.25 bits per heavy atom. The van der Waals surface area contributed by atoms with Crippen LogP contribution in [-0.2, 0) is 19.0 Å². The van der Waals surface area contributed by atoms with E-state index in [2.05, 4.69) is 15.1 Å². The molecule has 0 unspecified atom stereocenters. The standard InChI is InChI=1S/C12H12ClN5O2/c13-6-9-5-10(18(19)20)1-2-11(9)16-3-4-17-8-14-15-12(17)7-16/h1-2,5,8H,3-4,6-7H2. The molecule has 1 aromatic carbocycles. The van der Waals surface area contributed by atoms with E-state index in [0.29, 0.717) is 6.54 Å². The highest BCUT2D eigenvalue weighted by atomic mass is 35.5. The number of benzene rings is 1. The molecule has 0 spiro atoms. The molecule has 1 aliphatic heterocycles. The van der Waals surface area contributed by atoms with Gasteiger partial charge in [0.25, 0.3) is 5.69 Å². The third-order valence-corrected chi connectivity index (χ3v) is 3.69. The van der Waals surface area contributed by atoms with Gasteiger partial charge in [-0.25, -0.2) is 0 Å². The molecule has 1 aromatic heterocycles. The molecule has 0 bridgehead atoms. The van der Waals surface area contributed by atoms with Crippen molar-refractivity contribution in [2.45, 2.75) is 19.0 Å². The third kappa shape index (κ3) is 2.20. The molecule has 1 aliphatic rings. The van der Waals surface area contributed by atoms with Crippen LogP contribution in [0.1, 0.15) is 11.4 Å². The van der Waals surface area contributed by atoms with E-state index in [1.807, 2.05) is 4.57 Å². The van der Waals surface area contributed by atoms with Crippen LogP contribution in [0.5, 0.6) is 0 Å². The van der Waals surface area contributed by atoms with Gasteiger partial charge in [-0.05, 0) is 11.6 Å². The predicted molar refractivity (Wildman–Crippen MR) is 73.7 cm³/mol. The van der Waals surface area contributed by atoms with Crippen LogP contribution in [-0.4, -0.2) is 26.2 Å². The van der Waals surface area contributed by atoms with Crippen molar-refractivity contribution in [3.05, 3.63) is 46.0 Å². The molecule has 0 saturated heterocycles. The molecule has 3 rings (SSSR count). The van der Waals surface area contributed by atoms with E-state index in [0.717, 1.165) is 30.2 Å². The highest BCUT2D eigenvalue weighted by Gasteiger charge is 2.21. The molecule has 2 heterocycles. The monoisotopic (exact) mass is 293 g/mol. The van der Waals surface area contributed by atoms with Gasteiger partial charge in [0.2, 0.25) is 0 Å². The van der Waals surface area contributed by atoms with Crippen LogP contribution in [0.25, 0.3) is 0 Å². The van der Waals surface area contributed by atoms with Crippen molar-refractivity contribution < 1.29 is 4.92 Å². The summed E-state index contributed by atoms with van der Waals surface area (Å²) in [5, 5.41) is 18.8. The summed E-state index contributed by atoms with van der Waals surface area (Å²) in [4.78, 5) is 12.5. The first-order valence-electron chi connectivity index (χ1n) is 6.14. The van der Waals surface area contributed by atoms with Crippen LogP contribution in [0.2, 0.25) is 0 Å². The van der Waals surface area contributed by atoms with E-state index >= 15 is 0 Å². The Balaban J connectivity index is 1.93. The summed E-state index contributed by atoms with van der Waals surface area (Å²) < 4.78 is 2.00. The van der Waals surface area contributed by atoms with Crippen LogP contribution in [0.3, 0.4) is 0 Å². The number of rotatable bonds is 3. The summed E-state index contributed by atoms with van der Waals surface area (Å²) in [7, 11) is 0. The second kappa shape index (κ2) is 5.09. The van der Waals surface area contributed by atoms with Gasteiger partial charge in [-0.3, -0.25) is 10.1 Å². The lowest BCUT2D eigenvalue weighted by molar-refractivity contribution is -0.384. The van der Waals surface area contributed by atoms with Gasteiger partial charge in [-0.2, -0.15) is 0 Å². The van der Waals surface area contributed by atoms with Crippen LogP contribution in [0.4, 0.5) is 11.4 Å². The lowest BCUT2D eigenvalue weighted by Crippen LogP contribution is -2.34. The summed E-state index contributed by atoms with van der Waals surface area (Å²) in [6, 6.07) is 4.79. The van der Waals surface area contributed by atoms with Gasteiger partial charge in [-0.15, -0.1) is 21.8 Å². The summed E-state index contributed by atoms with van der Waals surface area (Å²) in [6.45, 7) is 2.22. The van der Waals surface area contributed by atoms with Gasteiger partial charge in [0.1, 0.15) is 6.33 Å². The molecule has 0 N–H and O–H groups in total. The quantitative estimate of drug-likeness (QED) is 0.491. The molecule has 7 nitrogen and oxygen atoms in total. The topological polar surface area (TPSA) is 77.1 Å². The first-order valence-corrected chi connectivity index (χ1v) is 6.67. The van der Waals surface area contributed by atoms with Crippen molar-refractivity contribution >= 4 is 23.0 Å². The summed E-state index contributed by atoms with van der Waals surface area (Å²) >= 11 is 5.92. The SMILES string of the molecule is O=[N+]([O-])c1ccc(N2CCn3cnnc3C2)c(CCl)c1. The van der Waals surface area contributed by atoms with Gasteiger partial charge in [0.15, 0.2) is 5.82 Å². The fourth-order valence-electron chi connectivity index (χ4n) is 2.37. The largest absolute Gasteiger partial charge is 0.362 e. The number of nitrogens with zero attached hydrogens (tertiary/aromatic N) is 5. The van der Waals surface area contributed by atoms with E-state index in [1.165, 1.54) is 12.1 Å². The molecule has 0 fully saturated rings. The molecule has 0 amide bonds. The van der Waals surface area contributed by atoms with Crippen LogP contribution < -0.4 is 4.90 Å². The van der Waals surface area contributed by atoms with Gasteiger partial charge < -0.3 is 9.47 Å². The van der Waals surface area contributed by atoms with E-state index in [4.69, 9.17) is 11.6 Å². The Morgan fingerprint density at radius 1 is 1.40 bits per heavy atom. The number of alkyl halides is 1. The molecule has 104 valence electrons. The number of nitro groups is 1. The van der Waals surface area contributed by atoms with Crippen molar-refractivity contribution in [3.63, 3.8) is 0 Å². The molecule has 8 heteroatoms. The van der Waals surface area contributed by atoms with Crippen molar-refractivity contribution in [2.75, 3.05) is 11.4 Å². The number of fused-ring (bicyclic) bond motifs is 1. The van der Waals surface area contributed by atoms with Crippen LogP contribution in [0, 0.1) is 10.1 Å². The van der Waals surface area contributed by atoms with E-state index < -0.39 is 4.92 Å². The van der Waals surface area contributed by atoms with E-state index in [1.54, 1.807) is 12.4 Å². The maximum atomic E-state index is 10.8. The van der Waals surface area contributed by atoms with Gasteiger partial charge in [0, 0.05) is 36.8 Å². The predicted octanol–water partition coefficient (Wildman–Crippen LogP) is 1.95. The second-order valence-corrected chi connectivity index (χ2v) is 4.83. The molecule has 0 aliphatic carbocycles. The zero-order chi connectivity index (χ0) is 14.1. The Bertz CT molecular complexity index is 657. The number of hydrogen-bond acceptors (Lipinski definition) is 5. The first-order chi connectivity index (χ1) is 9.69. The zero-order valence-electron chi connectivity index (χ0n) is 10.6. The normalized spacial score (nSPS) is 14.2. The number of aromatic nitrogens is 3. The maximum Gasteiger partial charge on any atom is 0.269 e. The minimum Gasteiger partial charge on any atom is -0.362 e. The van der Waals surface area contributed by atoms with Gasteiger partial charge in [-0.1, -0.05) is 0 Å². The molecule has 20 heavy (non-hydrogen) atoms. The fraction of sp³-hybridized carbons (Fsp3) is 0.333. The highest BCUT2D eigenvalue weighted by molar-refractivity contribution is 6.17. The lowest BCUT2D eigenvalue weighted by atomic mass is 10.1. The van der Waals surface area contributed by atoms with E-state index in [9.17, 15) is 10.1 Å². The molecular formula is C12H12ClN5O2. The Hall–Kier alpha value is -2.15. The van der Waals surface area contributed by atoms with Crippen molar-refractivity contribution in [1.82, 2.24) is 14.8 Å². The number of nitro benzene ring substituents is 1. The molecule has 0 atom stereocenters. The van der Waals surface area contributed by atoms with Crippen LogP contribution in [0.15, 0.2) is 24.5 Å². The molecule has 2 aromatic rings. The van der Waals surface area contributed by atoms with E-state index in [-0.39, 0.29) is 11.6 Å². The number of hydrogen-bond donors (Lipinski definition) is 0. The second-order valence-electron chi connectivity index (χ2n) is 4.57. The summed E-state index contributed by atoms with van der Waals surface area (Å²) in [5.41, 5.74) is 1.73. The smallest absolute Gasteiger partial charge is 0.269 e. The van der Waals surface area contributed by atoms with Gasteiger partial charge >= 0.3 is 0 Å². The Labute approximate surface area is 119 Å². The number of non-ortho nitro benzene ring substituents is 1. The average Bonchev–Trinajstić information content (AvgIpc) is 2.93. The third-order valence-electron chi connectivity index (χ3n) is 3.40. The fourth-order valence-corrected chi connectivity index (χ4v) is 2.59.